The van der Waals surface area contributed by atoms with Crippen molar-refractivity contribution in [1.82, 2.24) is 0 Å². The van der Waals surface area contributed by atoms with Gasteiger partial charge in [0.15, 0.2) is 0 Å². The lowest BCUT2D eigenvalue weighted by Crippen LogP contribution is -2.18. The number of furan rings is 1. The first-order valence-corrected chi connectivity index (χ1v) is 19.0. The number of anilines is 3. The van der Waals surface area contributed by atoms with Crippen LogP contribution in [0, 0.1) is 0 Å². The molecule has 0 fully saturated rings. The number of rotatable bonds is 4. The molecule has 0 amide bonds. The van der Waals surface area contributed by atoms with E-state index in [1.807, 2.05) is 0 Å². The zero-order chi connectivity index (χ0) is 36.3. The summed E-state index contributed by atoms with van der Waals surface area (Å²) in [6.45, 7) is 9.44. The lowest BCUT2D eigenvalue weighted by molar-refractivity contribution is 0.660. The van der Waals surface area contributed by atoms with Crippen molar-refractivity contribution >= 4 is 49.8 Å². The molecule has 0 bridgehead atoms. The minimum atomic E-state index is -0.131. The van der Waals surface area contributed by atoms with Gasteiger partial charge in [0.25, 0.3) is 0 Å². The summed E-state index contributed by atoms with van der Waals surface area (Å²) in [7, 11) is 0. The molecule has 0 atom stereocenters. The van der Waals surface area contributed by atoms with E-state index in [4.69, 9.17) is 4.42 Å². The third kappa shape index (κ3) is 4.28. The van der Waals surface area contributed by atoms with Gasteiger partial charge in [0.05, 0.1) is 5.69 Å². The molecule has 258 valence electrons. The number of hydrogen-bond donors (Lipinski definition) is 0. The van der Waals surface area contributed by atoms with E-state index < -0.39 is 0 Å². The first-order valence-electron chi connectivity index (χ1n) is 19.0. The second-order valence-corrected chi connectivity index (χ2v) is 16.1. The molecule has 1 heterocycles. The summed E-state index contributed by atoms with van der Waals surface area (Å²) in [4.78, 5) is 2.45. The number of nitrogens with zero attached hydrogens (tertiary/aromatic N) is 1. The molecule has 2 aliphatic rings. The zero-order valence-corrected chi connectivity index (χ0v) is 30.9. The van der Waals surface area contributed by atoms with E-state index in [9.17, 15) is 0 Å². The summed E-state index contributed by atoms with van der Waals surface area (Å²) < 4.78 is 6.96. The maximum Gasteiger partial charge on any atom is 0.143 e. The lowest BCUT2D eigenvalue weighted by atomic mass is 9.82. The summed E-state index contributed by atoms with van der Waals surface area (Å²) in [5.74, 6) is 0. The molecule has 0 aliphatic heterocycles. The Balaban J connectivity index is 1.20. The molecule has 11 rings (SSSR count). The number of hydrogen-bond acceptors (Lipinski definition) is 2. The van der Waals surface area contributed by atoms with Gasteiger partial charge in [-0.3, -0.25) is 0 Å². The lowest BCUT2D eigenvalue weighted by Gasteiger charge is -2.30. The van der Waals surface area contributed by atoms with Gasteiger partial charge in [0, 0.05) is 44.4 Å². The van der Waals surface area contributed by atoms with Crippen LogP contribution in [0.2, 0.25) is 0 Å². The van der Waals surface area contributed by atoms with Crippen molar-refractivity contribution in [3.8, 4) is 33.4 Å². The first-order chi connectivity index (χ1) is 26.3. The highest BCUT2D eigenvalue weighted by atomic mass is 16.3. The van der Waals surface area contributed by atoms with Crippen LogP contribution < -0.4 is 4.90 Å². The molecule has 1 aromatic heterocycles. The Bertz CT molecular complexity index is 2890. The van der Waals surface area contributed by atoms with Crippen LogP contribution in [-0.4, -0.2) is 0 Å². The van der Waals surface area contributed by atoms with Gasteiger partial charge >= 0.3 is 0 Å². The Labute approximate surface area is 315 Å². The molecule has 0 spiro atoms. The van der Waals surface area contributed by atoms with E-state index in [2.05, 4.69) is 196 Å². The van der Waals surface area contributed by atoms with Crippen LogP contribution in [0.4, 0.5) is 17.1 Å². The summed E-state index contributed by atoms with van der Waals surface area (Å²) in [5.41, 5.74) is 17.9. The Morgan fingerprint density at radius 2 is 0.963 bits per heavy atom. The predicted octanol–water partition coefficient (Wildman–Crippen LogP) is 14.5. The van der Waals surface area contributed by atoms with Crippen LogP contribution in [0.3, 0.4) is 0 Å². The molecule has 0 saturated carbocycles. The Morgan fingerprint density at radius 3 is 1.61 bits per heavy atom. The minimum Gasteiger partial charge on any atom is -0.455 e. The van der Waals surface area contributed by atoms with Crippen molar-refractivity contribution in [3.05, 3.63) is 186 Å². The summed E-state index contributed by atoms with van der Waals surface area (Å²) in [5, 5.41) is 4.58. The highest BCUT2D eigenvalue weighted by Gasteiger charge is 2.38. The van der Waals surface area contributed by atoms with Crippen LogP contribution in [0.25, 0.3) is 66.1 Å². The van der Waals surface area contributed by atoms with Crippen LogP contribution in [0.5, 0.6) is 0 Å². The fourth-order valence-corrected chi connectivity index (χ4v) is 9.70. The molecule has 0 saturated heterocycles. The molecular weight excluding hydrogens is 655 g/mol. The minimum absolute atomic E-state index is 0.131. The average Bonchev–Trinajstić information content (AvgIpc) is 3.78. The monoisotopic (exact) mass is 693 g/mol. The molecule has 54 heavy (non-hydrogen) atoms. The third-order valence-electron chi connectivity index (χ3n) is 12.4. The molecule has 8 aromatic carbocycles. The van der Waals surface area contributed by atoms with Crippen molar-refractivity contribution in [3.63, 3.8) is 0 Å². The van der Waals surface area contributed by atoms with E-state index in [1.54, 1.807) is 0 Å². The van der Waals surface area contributed by atoms with Crippen molar-refractivity contribution in [2.45, 2.75) is 38.5 Å². The maximum atomic E-state index is 6.96. The van der Waals surface area contributed by atoms with Crippen molar-refractivity contribution in [1.29, 1.82) is 0 Å². The molecule has 2 heteroatoms. The van der Waals surface area contributed by atoms with Gasteiger partial charge in [-0.05, 0) is 97.4 Å². The van der Waals surface area contributed by atoms with E-state index in [0.29, 0.717) is 0 Å². The van der Waals surface area contributed by atoms with Gasteiger partial charge < -0.3 is 9.32 Å². The average molecular weight is 694 g/mol. The van der Waals surface area contributed by atoms with Crippen molar-refractivity contribution < 1.29 is 4.42 Å². The highest BCUT2D eigenvalue weighted by Crippen LogP contribution is 2.54. The third-order valence-corrected chi connectivity index (χ3v) is 12.4. The van der Waals surface area contributed by atoms with Gasteiger partial charge in [-0.15, -0.1) is 0 Å². The molecule has 9 aromatic rings. The van der Waals surface area contributed by atoms with Gasteiger partial charge in [0.2, 0.25) is 0 Å². The molecule has 2 nitrogen and oxygen atoms in total. The summed E-state index contributed by atoms with van der Waals surface area (Å²) >= 11 is 0. The standard InChI is InChI=1S/C52H39NO/c1-51(2)44-20-12-10-18-38(44)40-26-23-34(29-46(40)51)53(35-24-27-41-39-19-11-13-21-45(39)52(3,4)47(41)30-35)36-28-43(32-14-6-5-7-15-32)49-42-25-22-33-16-8-9-17-37(33)50(42)54-48(49)31-36/h5-31H,1-4H3. The first kappa shape index (κ1) is 31.2. The van der Waals surface area contributed by atoms with Gasteiger partial charge in [-0.2, -0.15) is 0 Å². The molecule has 0 unspecified atom stereocenters. The smallest absolute Gasteiger partial charge is 0.143 e. The maximum absolute atomic E-state index is 6.96. The van der Waals surface area contributed by atoms with Crippen molar-refractivity contribution in [2.24, 2.45) is 0 Å². The molecular formula is C52H39NO. The van der Waals surface area contributed by atoms with Gasteiger partial charge in [-0.1, -0.05) is 149 Å². The van der Waals surface area contributed by atoms with Gasteiger partial charge in [-0.25, -0.2) is 0 Å². The van der Waals surface area contributed by atoms with Gasteiger partial charge in [0.1, 0.15) is 11.2 Å². The quantitative estimate of drug-likeness (QED) is 0.182. The second kappa shape index (κ2) is 11.1. The fraction of sp³-hybridized carbons (Fsp3) is 0.115. The summed E-state index contributed by atoms with van der Waals surface area (Å²) in [6, 6.07) is 60.3. The molecule has 0 radical (unpaired) electrons. The van der Waals surface area contributed by atoms with E-state index in [-0.39, 0.29) is 10.8 Å². The molecule has 0 N–H and O–H groups in total. The molecule has 2 aliphatic carbocycles. The van der Waals surface area contributed by atoms with Crippen LogP contribution in [0.1, 0.15) is 49.9 Å². The summed E-state index contributed by atoms with van der Waals surface area (Å²) in [6.07, 6.45) is 0. The SMILES string of the molecule is CC1(C)c2ccccc2-c2ccc(N(c3ccc4c(c3)C(C)(C)c3ccccc3-4)c3cc(-c4ccccc4)c4c(c3)oc3c5ccccc5ccc34)cc21. The van der Waals surface area contributed by atoms with Crippen molar-refractivity contribution in [2.75, 3.05) is 4.90 Å². The van der Waals surface area contributed by atoms with Crippen LogP contribution in [-0.2, 0) is 10.8 Å². The van der Waals surface area contributed by atoms with Crippen LogP contribution >= 0.6 is 0 Å². The Kier molecular flexibility index (Phi) is 6.39. The van der Waals surface area contributed by atoms with E-state index in [0.717, 1.165) is 55.5 Å². The predicted molar refractivity (Wildman–Crippen MR) is 226 cm³/mol. The number of fused-ring (bicyclic) bond motifs is 11. The second-order valence-electron chi connectivity index (χ2n) is 16.1. The zero-order valence-electron chi connectivity index (χ0n) is 30.9. The Hall–Kier alpha value is -6.38. The van der Waals surface area contributed by atoms with E-state index >= 15 is 0 Å². The normalized spacial score (nSPS) is 14.6. The largest absolute Gasteiger partial charge is 0.455 e. The highest BCUT2D eigenvalue weighted by molar-refractivity contribution is 6.20. The Morgan fingerprint density at radius 1 is 0.407 bits per heavy atom. The fourth-order valence-electron chi connectivity index (χ4n) is 9.70. The topological polar surface area (TPSA) is 16.4 Å². The number of benzene rings is 8. The van der Waals surface area contributed by atoms with Crippen LogP contribution in [0.15, 0.2) is 168 Å². The van der Waals surface area contributed by atoms with E-state index in [1.165, 1.54) is 49.9 Å².